The van der Waals surface area contributed by atoms with Crippen LogP contribution in [0.5, 0.6) is 0 Å². The number of hydrogen-bond acceptors (Lipinski definition) is 5. The van der Waals surface area contributed by atoms with E-state index in [1.807, 2.05) is 53.8 Å². The van der Waals surface area contributed by atoms with Gasteiger partial charge in [-0.25, -0.2) is 0 Å². The average Bonchev–Trinajstić information content (AvgIpc) is 3.13. The van der Waals surface area contributed by atoms with Crippen LogP contribution < -0.4 is 10.9 Å². The van der Waals surface area contributed by atoms with Gasteiger partial charge in [-0.05, 0) is 36.8 Å². The van der Waals surface area contributed by atoms with E-state index in [4.69, 9.17) is 0 Å². The number of nitrogens with one attached hydrogen (secondary N) is 1. The summed E-state index contributed by atoms with van der Waals surface area (Å²) in [5, 5.41) is 12.5. The normalized spacial score (nSPS) is 11.2. The van der Waals surface area contributed by atoms with Crippen molar-refractivity contribution in [1.29, 1.82) is 0 Å². The molecule has 29 heavy (non-hydrogen) atoms. The fourth-order valence-electron chi connectivity index (χ4n) is 3.15. The quantitative estimate of drug-likeness (QED) is 0.430. The summed E-state index contributed by atoms with van der Waals surface area (Å²) in [7, 11) is 0. The molecule has 2 aromatic heterocycles. The van der Waals surface area contributed by atoms with Gasteiger partial charge in [0, 0.05) is 16.7 Å². The van der Waals surface area contributed by atoms with Crippen LogP contribution >= 0.6 is 27.7 Å². The van der Waals surface area contributed by atoms with Crippen molar-refractivity contribution in [1.82, 2.24) is 19.2 Å². The van der Waals surface area contributed by atoms with Crippen molar-refractivity contribution in [3.63, 3.8) is 0 Å². The highest BCUT2D eigenvalue weighted by atomic mass is 79.9. The molecule has 2 heterocycles. The van der Waals surface area contributed by atoms with Crippen LogP contribution in [-0.4, -0.2) is 30.8 Å². The van der Waals surface area contributed by atoms with Gasteiger partial charge in [0.1, 0.15) is 0 Å². The van der Waals surface area contributed by atoms with Gasteiger partial charge in [0.15, 0.2) is 5.16 Å². The molecule has 0 aliphatic carbocycles. The van der Waals surface area contributed by atoms with Gasteiger partial charge in [0.2, 0.25) is 11.7 Å². The maximum Gasteiger partial charge on any atom is 0.262 e. The molecule has 0 bridgehead atoms. The molecule has 0 saturated carbocycles. The van der Waals surface area contributed by atoms with Crippen molar-refractivity contribution in [3.05, 3.63) is 63.4 Å². The van der Waals surface area contributed by atoms with Gasteiger partial charge in [0.05, 0.1) is 16.7 Å². The second-order valence-electron chi connectivity index (χ2n) is 6.44. The van der Waals surface area contributed by atoms with Crippen LogP contribution in [0, 0.1) is 0 Å². The molecule has 2 aromatic carbocycles. The summed E-state index contributed by atoms with van der Waals surface area (Å²) in [4.78, 5) is 25.2. The number of anilines is 1. The SMILES string of the molecule is CCCn1c(=O)c2ccccc2n2c(SCC(=O)Nc3cccc(Br)c3)nnc12. The zero-order valence-corrected chi connectivity index (χ0v) is 18.0. The molecule has 1 N–H and O–H groups in total. The first-order valence-electron chi connectivity index (χ1n) is 9.13. The molecule has 4 rings (SSSR count). The van der Waals surface area contributed by atoms with E-state index in [-0.39, 0.29) is 17.2 Å². The molecule has 0 atom stereocenters. The fourth-order valence-corrected chi connectivity index (χ4v) is 4.28. The molecule has 4 aromatic rings. The van der Waals surface area contributed by atoms with E-state index in [1.165, 1.54) is 11.8 Å². The third-order valence-electron chi connectivity index (χ3n) is 4.37. The third-order valence-corrected chi connectivity index (χ3v) is 5.79. The van der Waals surface area contributed by atoms with Gasteiger partial charge in [-0.3, -0.25) is 18.6 Å². The molecule has 0 fully saturated rings. The van der Waals surface area contributed by atoms with E-state index in [0.717, 1.165) is 22.1 Å². The zero-order chi connectivity index (χ0) is 20.4. The molecule has 0 radical (unpaired) electrons. The number of carbonyl (C=O) groups excluding carboxylic acids is 1. The molecule has 0 saturated heterocycles. The van der Waals surface area contributed by atoms with Crippen molar-refractivity contribution in [2.75, 3.05) is 11.1 Å². The second kappa shape index (κ2) is 8.38. The molecule has 7 nitrogen and oxygen atoms in total. The highest BCUT2D eigenvalue weighted by molar-refractivity contribution is 9.10. The molecule has 0 unspecified atom stereocenters. The second-order valence-corrected chi connectivity index (χ2v) is 8.30. The van der Waals surface area contributed by atoms with E-state index in [2.05, 4.69) is 31.4 Å². The molecule has 0 aliphatic rings. The summed E-state index contributed by atoms with van der Waals surface area (Å²) in [6.07, 6.45) is 0.804. The number of amides is 1. The predicted octanol–water partition coefficient (Wildman–Crippen LogP) is 3.95. The van der Waals surface area contributed by atoms with Crippen LogP contribution in [0.2, 0.25) is 0 Å². The van der Waals surface area contributed by atoms with Gasteiger partial charge in [-0.15, -0.1) is 10.2 Å². The number of rotatable bonds is 6. The minimum Gasteiger partial charge on any atom is -0.325 e. The summed E-state index contributed by atoms with van der Waals surface area (Å²) in [5.74, 6) is 0.524. The van der Waals surface area contributed by atoms with Gasteiger partial charge in [0.25, 0.3) is 5.56 Å². The van der Waals surface area contributed by atoms with Crippen LogP contribution in [0.4, 0.5) is 5.69 Å². The summed E-state index contributed by atoms with van der Waals surface area (Å²) in [6, 6.07) is 14.8. The Labute approximate surface area is 179 Å². The highest BCUT2D eigenvalue weighted by Gasteiger charge is 2.17. The van der Waals surface area contributed by atoms with Crippen molar-refractivity contribution < 1.29 is 4.79 Å². The van der Waals surface area contributed by atoms with E-state index < -0.39 is 0 Å². The number of aryl methyl sites for hydroxylation is 1. The Kier molecular flexibility index (Phi) is 5.68. The molecule has 148 valence electrons. The number of benzene rings is 2. The number of aromatic nitrogens is 4. The lowest BCUT2D eigenvalue weighted by Crippen LogP contribution is -2.23. The van der Waals surface area contributed by atoms with Gasteiger partial charge in [-0.1, -0.05) is 52.8 Å². The highest BCUT2D eigenvalue weighted by Crippen LogP contribution is 2.22. The number of fused-ring (bicyclic) bond motifs is 3. The van der Waals surface area contributed by atoms with Crippen molar-refractivity contribution in [2.24, 2.45) is 0 Å². The van der Waals surface area contributed by atoms with E-state index >= 15 is 0 Å². The van der Waals surface area contributed by atoms with Gasteiger partial charge in [-0.2, -0.15) is 0 Å². The Morgan fingerprint density at radius 3 is 2.79 bits per heavy atom. The number of nitrogens with zero attached hydrogens (tertiary/aromatic N) is 4. The number of hydrogen-bond donors (Lipinski definition) is 1. The molecule has 9 heteroatoms. The van der Waals surface area contributed by atoms with Crippen LogP contribution in [0.15, 0.2) is 63.0 Å². The first-order valence-corrected chi connectivity index (χ1v) is 10.9. The monoisotopic (exact) mass is 471 g/mol. The maximum atomic E-state index is 12.8. The van der Waals surface area contributed by atoms with Crippen molar-refractivity contribution in [3.8, 4) is 0 Å². The first-order chi connectivity index (χ1) is 14.1. The average molecular weight is 472 g/mol. The minimum atomic E-state index is -0.143. The summed E-state index contributed by atoms with van der Waals surface area (Å²) < 4.78 is 4.39. The summed E-state index contributed by atoms with van der Waals surface area (Å²) in [5.41, 5.74) is 1.38. The topological polar surface area (TPSA) is 81.3 Å². The molecule has 1 amide bonds. The lowest BCUT2D eigenvalue weighted by molar-refractivity contribution is -0.113. The smallest absolute Gasteiger partial charge is 0.262 e. The van der Waals surface area contributed by atoms with E-state index in [1.54, 1.807) is 10.6 Å². The minimum absolute atomic E-state index is 0.0775. The number of halogens is 1. The first kappa shape index (κ1) is 19.7. The van der Waals surface area contributed by atoms with Crippen LogP contribution in [-0.2, 0) is 11.3 Å². The van der Waals surface area contributed by atoms with Gasteiger partial charge >= 0.3 is 0 Å². The maximum absolute atomic E-state index is 12.8. The van der Waals surface area contributed by atoms with Crippen molar-refractivity contribution >= 4 is 56.0 Å². The standard InChI is InChI=1S/C20H18BrN5O2S/c1-2-10-25-18(28)15-8-3-4-9-16(15)26-19(25)23-24-20(26)29-12-17(27)22-14-7-5-6-13(21)11-14/h3-9,11H,2,10,12H2,1H3,(H,22,27). The van der Waals surface area contributed by atoms with Crippen LogP contribution in [0.1, 0.15) is 13.3 Å². The Morgan fingerprint density at radius 1 is 1.17 bits per heavy atom. The number of thioether (sulfide) groups is 1. The van der Waals surface area contributed by atoms with Gasteiger partial charge < -0.3 is 5.32 Å². The Balaban J connectivity index is 1.66. The predicted molar refractivity (Wildman–Crippen MR) is 119 cm³/mol. The Hall–Kier alpha value is -2.65. The number of carbonyl (C=O) groups is 1. The molecule has 0 aliphatic heterocycles. The molecular weight excluding hydrogens is 454 g/mol. The fraction of sp³-hybridized carbons (Fsp3) is 0.200. The van der Waals surface area contributed by atoms with Crippen LogP contribution in [0.3, 0.4) is 0 Å². The lowest BCUT2D eigenvalue weighted by Gasteiger charge is -2.10. The summed E-state index contributed by atoms with van der Waals surface area (Å²) in [6.45, 7) is 2.57. The molecular formula is C20H18BrN5O2S. The Morgan fingerprint density at radius 2 is 2.00 bits per heavy atom. The van der Waals surface area contributed by atoms with E-state index in [9.17, 15) is 9.59 Å². The number of para-hydroxylation sites is 1. The third kappa shape index (κ3) is 3.92. The van der Waals surface area contributed by atoms with Crippen molar-refractivity contribution in [2.45, 2.75) is 25.0 Å². The largest absolute Gasteiger partial charge is 0.325 e. The zero-order valence-electron chi connectivity index (χ0n) is 15.6. The van der Waals surface area contributed by atoms with E-state index in [0.29, 0.717) is 22.9 Å². The molecule has 0 spiro atoms. The lowest BCUT2D eigenvalue weighted by atomic mass is 10.2. The van der Waals surface area contributed by atoms with Crippen LogP contribution in [0.25, 0.3) is 16.7 Å². The summed E-state index contributed by atoms with van der Waals surface area (Å²) >= 11 is 4.68. The Bertz CT molecular complexity index is 1270.